The lowest BCUT2D eigenvalue weighted by molar-refractivity contribution is -0.385. The van der Waals surface area contributed by atoms with Crippen LogP contribution >= 0.6 is 0 Å². The molecule has 0 saturated carbocycles. The molecule has 0 N–H and O–H groups in total. The summed E-state index contributed by atoms with van der Waals surface area (Å²) in [5.74, 6) is 12.8. The van der Waals surface area contributed by atoms with Crippen molar-refractivity contribution < 1.29 is 9.85 Å². The number of nitro groups is 2. The highest BCUT2D eigenvalue weighted by Gasteiger charge is 2.11. The Morgan fingerprint density at radius 1 is 0.444 bits per heavy atom. The van der Waals surface area contributed by atoms with Crippen LogP contribution in [-0.2, 0) is 0 Å². The van der Waals surface area contributed by atoms with Crippen molar-refractivity contribution in [2.45, 2.75) is 0 Å². The minimum Gasteiger partial charge on any atom is -0.258 e. The molecule has 5 rings (SSSR count). The summed E-state index contributed by atoms with van der Waals surface area (Å²) in [7, 11) is 0. The van der Waals surface area contributed by atoms with Crippen LogP contribution in [0.2, 0.25) is 0 Å². The summed E-state index contributed by atoms with van der Waals surface area (Å²) in [5, 5.41) is 25.6. The third-order valence-corrected chi connectivity index (χ3v) is 5.75. The van der Waals surface area contributed by atoms with Gasteiger partial charge in [-0.1, -0.05) is 72.2 Å². The number of nitrogens with zero attached hydrogens (tertiary/aromatic N) is 2. The van der Waals surface area contributed by atoms with Crippen LogP contribution in [0.3, 0.4) is 0 Å². The molecule has 6 nitrogen and oxygen atoms in total. The quantitative estimate of drug-likeness (QED) is 0.126. The topological polar surface area (TPSA) is 86.3 Å². The van der Waals surface area contributed by atoms with Crippen LogP contribution in [0, 0.1) is 43.9 Å². The number of benzene rings is 5. The molecule has 0 amide bonds. The molecule has 0 bridgehead atoms. The van der Waals surface area contributed by atoms with Gasteiger partial charge in [0.1, 0.15) is 0 Å². The Hall–Kier alpha value is -5.46. The second kappa shape index (κ2) is 9.42. The van der Waals surface area contributed by atoms with Gasteiger partial charge in [0.2, 0.25) is 0 Å². The number of rotatable bonds is 2. The molecular formula is C30H16N2O4. The maximum absolute atomic E-state index is 10.9. The SMILES string of the molecule is O=[N+]([O-])c1ccc(C#Cc2c3ccccc3c(C#Cc3ccc([N+](=O)[O-])cc3)c3ccccc23)cc1. The van der Waals surface area contributed by atoms with E-state index in [1.807, 2.05) is 48.5 Å². The summed E-state index contributed by atoms with van der Waals surface area (Å²) >= 11 is 0. The molecule has 36 heavy (non-hydrogen) atoms. The van der Waals surface area contributed by atoms with Gasteiger partial charge in [-0.2, -0.15) is 0 Å². The van der Waals surface area contributed by atoms with Gasteiger partial charge >= 0.3 is 0 Å². The lowest BCUT2D eigenvalue weighted by atomic mass is 9.92. The van der Waals surface area contributed by atoms with Crippen molar-refractivity contribution in [3.05, 3.63) is 140 Å². The number of fused-ring (bicyclic) bond motifs is 2. The highest BCUT2D eigenvalue weighted by atomic mass is 16.6. The van der Waals surface area contributed by atoms with Gasteiger partial charge in [-0.3, -0.25) is 20.2 Å². The molecule has 0 radical (unpaired) electrons. The normalized spacial score (nSPS) is 10.2. The van der Waals surface area contributed by atoms with Gasteiger partial charge in [-0.05, 0) is 45.8 Å². The van der Waals surface area contributed by atoms with E-state index in [1.54, 1.807) is 24.3 Å². The van der Waals surface area contributed by atoms with Crippen LogP contribution in [0.25, 0.3) is 21.5 Å². The van der Waals surface area contributed by atoms with Crippen LogP contribution in [0.1, 0.15) is 22.3 Å². The van der Waals surface area contributed by atoms with E-state index in [0.29, 0.717) is 11.1 Å². The highest BCUT2D eigenvalue weighted by Crippen LogP contribution is 2.32. The number of hydrogen-bond acceptors (Lipinski definition) is 4. The Morgan fingerprint density at radius 2 is 0.750 bits per heavy atom. The van der Waals surface area contributed by atoms with Crippen LogP contribution in [0.5, 0.6) is 0 Å². The number of nitro benzene ring substituents is 2. The van der Waals surface area contributed by atoms with Gasteiger partial charge in [0.25, 0.3) is 11.4 Å². The Labute approximate surface area is 206 Å². The van der Waals surface area contributed by atoms with Crippen molar-refractivity contribution in [2.24, 2.45) is 0 Å². The number of non-ortho nitro benzene ring substituents is 2. The Kier molecular flexibility index (Phi) is 5.85. The smallest absolute Gasteiger partial charge is 0.258 e. The zero-order chi connectivity index (χ0) is 25.1. The molecule has 6 heteroatoms. The Bertz CT molecular complexity index is 1590. The van der Waals surface area contributed by atoms with E-state index < -0.39 is 9.85 Å². The second-order valence-electron chi connectivity index (χ2n) is 7.95. The summed E-state index contributed by atoms with van der Waals surface area (Å²) in [4.78, 5) is 21.0. The van der Waals surface area contributed by atoms with E-state index in [0.717, 1.165) is 32.7 Å². The first kappa shape index (κ1) is 22.3. The van der Waals surface area contributed by atoms with Gasteiger partial charge < -0.3 is 0 Å². The van der Waals surface area contributed by atoms with E-state index in [9.17, 15) is 20.2 Å². The zero-order valence-corrected chi connectivity index (χ0v) is 18.8. The van der Waals surface area contributed by atoms with Gasteiger partial charge in [-0.15, -0.1) is 0 Å². The lowest BCUT2D eigenvalue weighted by Crippen LogP contribution is -1.91. The monoisotopic (exact) mass is 468 g/mol. The Balaban J connectivity index is 1.66. The molecule has 0 aliphatic carbocycles. The molecule has 0 aliphatic rings. The van der Waals surface area contributed by atoms with Crippen molar-refractivity contribution >= 4 is 32.9 Å². The fourth-order valence-corrected chi connectivity index (χ4v) is 4.00. The van der Waals surface area contributed by atoms with E-state index in [1.165, 1.54) is 24.3 Å². The predicted molar refractivity (Wildman–Crippen MR) is 140 cm³/mol. The van der Waals surface area contributed by atoms with Crippen LogP contribution in [-0.4, -0.2) is 9.85 Å². The van der Waals surface area contributed by atoms with Crippen molar-refractivity contribution in [2.75, 3.05) is 0 Å². The van der Waals surface area contributed by atoms with Gasteiger partial charge in [0.15, 0.2) is 0 Å². The molecule has 170 valence electrons. The van der Waals surface area contributed by atoms with E-state index in [4.69, 9.17) is 0 Å². The highest BCUT2D eigenvalue weighted by molar-refractivity contribution is 6.09. The molecule has 0 spiro atoms. The molecule has 5 aromatic carbocycles. The van der Waals surface area contributed by atoms with Gasteiger partial charge in [-0.25, -0.2) is 0 Å². The predicted octanol–water partition coefficient (Wildman–Crippen LogP) is 6.61. The summed E-state index contributed by atoms with van der Waals surface area (Å²) in [6.45, 7) is 0. The van der Waals surface area contributed by atoms with Crippen molar-refractivity contribution in [1.29, 1.82) is 0 Å². The summed E-state index contributed by atoms with van der Waals surface area (Å²) in [5.41, 5.74) is 3.09. The van der Waals surface area contributed by atoms with Crippen LogP contribution in [0.4, 0.5) is 11.4 Å². The molecule has 5 aromatic rings. The van der Waals surface area contributed by atoms with E-state index >= 15 is 0 Å². The van der Waals surface area contributed by atoms with E-state index in [2.05, 4.69) is 23.7 Å². The van der Waals surface area contributed by atoms with Crippen molar-refractivity contribution in [1.82, 2.24) is 0 Å². The first-order chi connectivity index (χ1) is 17.5. The second-order valence-corrected chi connectivity index (χ2v) is 7.95. The number of hydrogen-bond donors (Lipinski definition) is 0. The molecule has 0 aliphatic heterocycles. The van der Waals surface area contributed by atoms with Crippen LogP contribution in [0.15, 0.2) is 97.1 Å². The lowest BCUT2D eigenvalue weighted by Gasteiger charge is -2.10. The fourth-order valence-electron chi connectivity index (χ4n) is 4.00. The molecule has 0 saturated heterocycles. The average Bonchev–Trinajstić information content (AvgIpc) is 2.91. The van der Waals surface area contributed by atoms with E-state index in [-0.39, 0.29) is 11.4 Å². The maximum atomic E-state index is 10.9. The molecule has 0 heterocycles. The molecule has 0 fully saturated rings. The van der Waals surface area contributed by atoms with Crippen molar-refractivity contribution in [3.8, 4) is 23.7 Å². The van der Waals surface area contributed by atoms with Gasteiger partial charge in [0.05, 0.1) is 9.85 Å². The fraction of sp³-hybridized carbons (Fsp3) is 0. The first-order valence-corrected chi connectivity index (χ1v) is 11.0. The van der Waals surface area contributed by atoms with Crippen LogP contribution < -0.4 is 0 Å². The molecular weight excluding hydrogens is 452 g/mol. The third kappa shape index (κ3) is 4.35. The molecule has 0 atom stereocenters. The minimum absolute atomic E-state index is 0.0207. The summed E-state index contributed by atoms with van der Waals surface area (Å²) < 4.78 is 0. The summed E-state index contributed by atoms with van der Waals surface area (Å²) in [6.07, 6.45) is 0. The van der Waals surface area contributed by atoms with Crippen molar-refractivity contribution in [3.63, 3.8) is 0 Å². The maximum Gasteiger partial charge on any atom is 0.269 e. The minimum atomic E-state index is -0.436. The molecule has 0 unspecified atom stereocenters. The largest absolute Gasteiger partial charge is 0.269 e. The zero-order valence-electron chi connectivity index (χ0n) is 18.8. The third-order valence-electron chi connectivity index (χ3n) is 5.75. The average molecular weight is 468 g/mol. The van der Waals surface area contributed by atoms with Gasteiger partial charge in [0, 0.05) is 46.5 Å². The first-order valence-electron chi connectivity index (χ1n) is 11.0. The summed E-state index contributed by atoms with van der Waals surface area (Å²) in [6, 6.07) is 28.1. The molecule has 0 aromatic heterocycles. The standard InChI is InChI=1S/C30H16N2O4/c33-31(34)23-15-9-21(10-16-23)13-19-29-25-5-1-2-6-26(25)30(28-8-4-3-7-27(28)29)20-14-22-11-17-24(18-12-22)32(35)36/h1-12,15-18H. The Morgan fingerprint density at radius 3 is 1.03 bits per heavy atom.